The van der Waals surface area contributed by atoms with Gasteiger partial charge < -0.3 is 49.7 Å². The van der Waals surface area contributed by atoms with Crippen LogP contribution in [-0.4, -0.2) is 111 Å². The van der Waals surface area contributed by atoms with E-state index in [1.165, 1.54) is 14.2 Å². The van der Waals surface area contributed by atoms with Crippen LogP contribution in [0.15, 0.2) is 54.7 Å². The molecule has 328 valence electrons. The highest BCUT2D eigenvalue weighted by Crippen LogP contribution is 2.36. The Balaban J connectivity index is 1.18. The molecule has 6 rings (SSSR count). The summed E-state index contributed by atoms with van der Waals surface area (Å²) >= 11 is 0. The van der Waals surface area contributed by atoms with Gasteiger partial charge in [-0.15, -0.1) is 0 Å². The lowest BCUT2D eigenvalue weighted by Gasteiger charge is -2.30. The largest absolute Gasteiger partial charge is 0.453 e. The summed E-state index contributed by atoms with van der Waals surface area (Å²) in [5.74, 6) is 0.782. The van der Waals surface area contributed by atoms with Crippen LogP contribution in [0.3, 0.4) is 0 Å². The molecule has 2 saturated heterocycles. The van der Waals surface area contributed by atoms with Gasteiger partial charge in [-0.25, -0.2) is 19.6 Å². The standard InChI is InChI=1S/C45H60N8O8/c1-27(2)37(50-44(57)59-5)42(55)52-21-9-11-35(52)40-46-25-33(47-40)31-17-13-29(14-18-31)30-15-19-32(20-16-30)39-34(26-61-24-8-7-23-54)48-41(49-39)36-12-10-22-53(36)43(56)38(28(3)4)51-45(58)60-6/h13-20,25,27-28,35-38,54H,7-12,21-24,26H2,1-6H3,(H,46,47)(H,48,49)(H,50,57)(H,51,58)/t35-,36-,37-,38-/m0/s1. The number of nitrogens with one attached hydrogen (secondary N) is 4. The fourth-order valence-corrected chi connectivity index (χ4v) is 8.13. The molecule has 0 saturated carbocycles. The van der Waals surface area contributed by atoms with Crippen molar-refractivity contribution in [1.82, 2.24) is 40.4 Å². The van der Waals surface area contributed by atoms with Crippen molar-refractivity contribution in [2.24, 2.45) is 11.8 Å². The molecule has 16 heteroatoms. The van der Waals surface area contributed by atoms with E-state index in [-0.39, 0.29) is 48.9 Å². The molecule has 16 nitrogen and oxygen atoms in total. The zero-order valence-corrected chi connectivity index (χ0v) is 36.0. The van der Waals surface area contributed by atoms with Gasteiger partial charge in [0.2, 0.25) is 11.8 Å². The van der Waals surface area contributed by atoms with Gasteiger partial charge in [-0.3, -0.25) is 9.59 Å². The van der Waals surface area contributed by atoms with Crippen LogP contribution in [0.2, 0.25) is 0 Å². The Hall–Kier alpha value is -5.74. The van der Waals surface area contributed by atoms with Crippen molar-refractivity contribution in [2.75, 3.05) is 40.5 Å². The molecule has 2 aliphatic rings. The molecule has 0 radical (unpaired) electrons. The van der Waals surface area contributed by atoms with Crippen molar-refractivity contribution in [3.05, 3.63) is 72.1 Å². The van der Waals surface area contributed by atoms with Gasteiger partial charge in [0.1, 0.15) is 23.7 Å². The minimum Gasteiger partial charge on any atom is -0.453 e. The quantitative estimate of drug-likeness (QED) is 0.0730. The number of carbonyl (C=O) groups excluding carboxylic acids is 4. The van der Waals surface area contributed by atoms with E-state index in [1.807, 2.05) is 52.0 Å². The third kappa shape index (κ3) is 10.6. The predicted molar refractivity (Wildman–Crippen MR) is 229 cm³/mol. The highest BCUT2D eigenvalue weighted by molar-refractivity contribution is 5.87. The van der Waals surface area contributed by atoms with E-state index in [4.69, 9.17) is 19.2 Å². The molecule has 2 aliphatic heterocycles. The van der Waals surface area contributed by atoms with Gasteiger partial charge >= 0.3 is 12.2 Å². The van der Waals surface area contributed by atoms with E-state index >= 15 is 0 Å². The summed E-state index contributed by atoms with van der Waals surface area (Å²) in [5.41, 5.74) is 6.30. The number of ether oxygens (including phenoxy) is 3. The van der Waals surface area contributed by atoms with E-state index in [0.29, 0.717) is 37.8 Å². The van der Waals surface area contributed by atoms with Crippen molar-refractivity contribution >= 4 is 24.0 Å². The molecular formula is C45H60N8O8. The summed E-state index contributed by atoms with van der Waals surface area (Å²) in [6.45, 7) is 9.55. The average Bonchev–Trinajstić information content (AvgIpc) is 4.11. The van der Waals surface area contributed by atoms with Crippen LogP contribution in [0.5, 0.6) is 0 Å². The summed E-state index contributed by atoms with van der Waals surface area (Å²) in [7, 11) is 2.57. The number of imidazole rings is 2. The second-order valence-corrected chi connectivity index (χ2v) is 16.4. The predicted octanol–water partition coefficient (Wildman–Crippen LogP) is 6.51. The van der Waals surface area contributed by atoms with E-state index < -0.39 is 24.3 Å². The van der Waals surface area contributed by atoms with Crippen LogP contribution < -0.4 is 10.6 Å². The van der Waals surface area contributed by atoms with Crippen LogP contribution in [0, 0.1) is 11.8 Å². The Kier molecular flexibility index (Phi) is 15.2. The summed E-state index contributed by atoms with van der Waals surface area (Å²) in [6.07, 6.45) is 5.02. The first-order chi connectivity index (χ1) is 29.4. The molecule has 61 heavy (non-hydrogen) atoms. The number of aromatic amines is 2. The van der Waals surface area contributed by atoms with Gasteiger partial charge in [0, 0.05) is 26.3 Å². The minimum absolute atomic E-state index is 0.107. The van der Waals surface area contributed by atoms with Crippen molar-refractivity contribution in [1.29, 1.82) is 0 Å². The Morgan fingerprint density at radius 2 is 1.25 bits per heavy atom. The van der Waals surface area contributed by atoms with Crippen LogP contribution in [0.25, 0.3) is 33.6 Å². The summed E-state index contributed by atoms with van der Waals surface area (Å²) < 4.78 is 15.6. The first-order valence-corrected chi connectivity index (χ1v) is 21.3. The highest BCUT2D eigenvalue weighted by atomic mass is 16.5. The lowest BCUT2D eigenvalue weighted by molar-refractivity contribution is -0.136. The van der Waals surface area contributed by atoms with Crippen molar-refractivity contribution in [3.63, 3.8) is 0 Å². The number of likely N-dealkylation sites (tertiary alicyclic amines) is 2. The number of nitrogens with zero attached hydrogens (tertiary/aromatic N) is 4. The number of H-pyrrole nitrogens is 2. The summed E-state index contributed by atoms with van der Waals surface area (Å²) in [6, 6.07) is 14.5. The zero-order valence-electron chi connectivity index (χ0n) is 36.0. The molecule has 2 aromatic carbocycles. The van der Waals surface area contributed by atoms with Gasteiger partial charge in [-0.05, 0) is 72.6 Å². The van der Waals surface area contributed by atoms with Gasteiger partial charge in [0.25, 0.3) is 0 Å². The normalized spacial score (nSPS) is 17.5. The number of hydrogen-bond acceptors (Lipinski definition) is 10. The van der Waals surface area contributed by atoms with Gasteiger partial charge in [0.15, 0.2) is 0 Å². The fourth-order valence-electron chi connectivity index (χ4n) is 8.13. The SMILES string of the molecule is COC(=O)N[C@H](C(=O)N1CCC[C@H]1c1ncc(-c2ccc(-c3ccc(-c4[nH]c([C@@H]5CCCN5C(=O)[C@@H](NC(=O)OC)C(C)C)nc4COCCCCO)cc3)cc2)[nH]1)C(C)C. The number of carbonyl (C=O) groups is 4. The van der Waals surface area contributed by atoms with E-state index in [0.717, 1.165) is 71.4 Å². The number of rotatable bonds is 17. The van der Waals surface area contributed by atoms with Gasteiger partial charge in [0.05, 0.1) is 56.2 Å². The van der Waals surface area contributed by atoms with Gasteiger partial charge in [-0.1, -0.05) is 76.2 Å². The molecule has 4 heterocycles. The number of aliphatic hydroxyl groups is 1. The molecule has 0 bridgehead atoms. The Labute approximate surface area is 357 Å². The average molecular weight is 841 g/mol. The number of benzene rings is 2. The van der Waals surface area contributed by atoms with Crippen LogP contribution in [0.1, 0.15) is 95.6 Å². The Morgan fingerprint density at radius 1 is 0.738 bits per heavy atom. The Bertz CT molecular complexity index is 2100. The minimum atomic E-state index is -0.739. The highest BCUT2D eigenvalue weighted by Gasteiger charge is 2.39. The third-order valence-corrected chi connectivity index (χ3v) is 11.5. The number of unbranched alkanes of at least 4 members (excludes halogenated alkanes) is 1. The first-order valence-electron chi connectivity index (χ1n) is 21.3. The number of aromatic nitrogens is 4. The molecule has 2 fully saturated rings. The number of hydrogen-bond donors (Lipinski definition) is 5. The number of aliphatic hydroxyl groups excluding tert-OH is 1. The molecule has 4 amide bonds. The van der Waals surface area contributed by atoms with Crippen LogP contribution in [-0.2, 0) is 30.4 Å². The number of methoxy groups -OCH3 is 2. The second kappa shape index (κ2) is 20.7. The van der Waals surface area contributed by atoms with Crippen molar-refractivity contribution < 1.29 is 38.5 Å². The van der Waals surface area contributed by atoms with Gasteiger partial charge in [-0.2, -0.15) is 0 Å². The fraction of sp³-hybridized carbons (Fsp3) is 0.511. The molecule has 0 aliphatic carbocycles. The second-order valence-electron chi connectivity index (χ2n) is 16.4. The lowest BCUT2D eigenvalue weighted by Crippen LogP contribution is -2.51. The van der Waals surface area contributed by atoms with E-state index in [9.17, 15) is 24.3 Å². The van der Waals surface area contributed by atoms with E-state index in [1.54, 1.807) is 16.0 Å². The smallest absolute Gasteiger partial charge is 0.407 e. The van der Waals surface area contributed by atoms with Crippen LogP contribution >= 0.6 is 0 Å². The maximum atomic E-state index is 13.8. The van der Waals surface area contributed by atoms with E-state index in [2.05, 4.69) is 49.9 Å². The monoisotopic (exact) mass is 840 g/mol. The summed E-state index contributed by atoms with van der Waals surface area (Å²) in [4.78, 5) is 71.8. The lowest BCUT2D eigenvalue weighted by atomic mass is 10.0. The maximum Gasteiger partial charge on any atom is 0.407 e. The maximum absolute atomic E-state index is 13.8. The molecule has 4 aromatic rings. The molecule has 0 spiro atoms. The number of alkyl carbamates (subject to hydrolysis) is 2. The topological polar surface area (TPSA) is 204 Å². The van der Waals surface area contributed by atoms with Crippen molar-refractivity contribution in [2.45, 2.75) is 97.0 Å². The molecular weight excluding hydrogens is 781 g/mol. The number of amides is 4. The van der Waals surface area contributed by atoms with Crippen molar-refractivity contribution in [3.8, 4) is 33.6 Å². The first kappa shape index (κ1) is 44.8. The third-order valence-electron chi connectivity index (χ3n) is 11.5. The van der Waals surface area contributed by atoms with Crippen LogP contribution in [0.4, 0.5) is 9.59 Å². The molecule has 5 N–H and O–H groups in total. The summed E-state index contributed by atoms with van der Waals surface area (Å²) in [5, 5.41) is 14.6. The molecule has 4 atom stereocenters. The Morgan fingerprint density at radius 3 is 1.75 bits per heavy atom. The molecule has 2 aromatic heterocycles. The zero-order chi connectivity index (χ0) is 43.6. The molecule has 0 unspecified atom stereocenters.